The Bertz CT molecular complexity index is 317. The van der Waals surface area contributed by atoms with Crippen LogP contribution < -0.4 is 4.90 Å². The molecule has 0 atom stereocenters. The van der Waals surface area contributed by atoms with Crippen molar-refractivity contribution >= 4 is 17.4 Å². The van der Waals surface area contributed by atoms with Gasteiger partial charge in [-0.05, 0) is 12.5 Å². The standard InChI is InChI=1S/C11H17ClN2O/c1-3-4-5-14(2)11-6-9(8-15)10(12)7-13-11/h6-7,15H,3-5,8H2,1-2H3. The van der Waals surface area contributed by atoms with Crippen molar-refractivity contribution in [3.8, 4) is 0 Å². The molecule has 1 aromatic rings. The van der Waals surface area contributed by atoms with Crippen molar-refractivity contribution in [3.63, 3.8) is 0 Å². The van der Waals surface area contributed by atoms with Crippen LogP contribution in [0.4, 0.5) is 5.82 Å². The number of anilines is 1. The molecule has 0 bridgehead atoms. The lowest BCUT2D eigenvalue weighted by molar-refractivity contribution is 0.282. The van der Waals surface area contributed by atoms with E-state index in [4.69, 9.17) is 16.7 Å². The fourth-order valence-electron chi connectivity index (χ4n) is 1.31. The topological polar surface area (TPSA) is 36.4 Å². The molecule has 4 heteroatoms. The molecule has 84 valence electrons. The van der Waals surface area contributed by atoms with E-state index in [9.17, 15) is 0 Å². The van der Waals surface area contributed by atoms with E-state index in [0.717, 1.165) is 30.8 Å². The minimum atomic E-state index is -0.0457. The van der Waals surface area contributed by atoms with Gasteiger partial charge < -0.3 is 10.0 Å². The number of hydrogen-bond donors (Lipinski definition) is 1. The van der Waals surface area contributed by atoms with Crippen molar-refractivity contribution < 1.29 is 5.11 Å². The Morgan fingerprint density at radius 2 is 2.27 bits per heavy atom. The highest BCUT2D eigenvalue weighted by atomic mass is 35.5. The van der Waals surface area contributed by atoms with Crippen molar-refractivity contribution in [1.29, 1.82) is 0 Å². The highest BCUT2D eigenvalue weighted by molar-refractivity contribution is 6.31. The van der Waals surface area contributed by atoms with Crippen LogP contribution in [-0.4, -0.2) is 23.7 Å². The van der Waals surface area contributed by atoms with Crippen molar-refractivity contribution in [2.75, 3.05) is 18.5 Å². The van der Waals surface area contributed by atoms with Crippen LogP contribution >= 0.6 is 11.6 Å². The van der Waals surface area contributed by atoms with Gasteiger partial charge in [-0.25, -0.2) is 4.98 Å². The maximum atomic E-state index is 9.07. The molecule has 1 rings (SSSR count). The second-order valence-corrected chi connectivity index (χ2v) is 3.97. The Hall–Kier alpha value is -0.800. The molecule has 0 aliphatic rings. The zero-order valence-corrected chi connectivity index (χ0v) is 9.96. The Morgan fingerprint density at radius 1 is 1.53 bits per heavy atom. The SMILES string of the molecule is CCCCN(C)c1cc(CO)c(Cl)cn1. The third-order valence-electron chi connectivity index (χ3n) is 2.33. The van der Waals surface area contributed by atoms with E-state index < -0.39 is 0 Å². The van der Waals surface area contributed by atoms with Crippen LogP contribution in [0.1, 0.15) is 25.3 Å². The lowest BCUT2D eigenvalue weighted by Gasteiger charge is -2.18. The van der Waals surface area contributed by atoms with Crippen molar-refractivity contribution in [3.05, 3.63) is 22.8 Å². The molecule has 0 saturated heterocycles. The lowest BCUT2D eigenvalue weighted by atomic mass is 10.2. The summed E-state index contributed by atoms with van der Waals surface area (Å²) in [7, 11) is 1.99. The minimum Gasteiger partial charge on any atom is -0.392 e. The molecule has 15 heavy (non-hydrogen) atoms. The number of rotatable bonds is 5. The van der Waals surface area contributed by atoms with E-state index in [-0.39, 0.29) is 6.61 Å². The van der Waals surface area contributed by atoms with Crippen LogP contribution in [0.15, 0.2) is 12.3 Å². The zero-order valence-electron chi connectivity index (χ0n) is 9.20. The molecule has 3 nitrogen and oxygen atoms in total. The molecular formula is C11H17ClN2O. The molecule has 0 radical (unpaired) electrons. The highest BCUT2D eigenvalue weighted by Gasteiger charge is 2.05. The van der Waals surface area contributed by atoms with Crippen molar-refractivity contribution in [2.45, 2.75) is 26.4 Å². The van der Waals surface area contributed by atoms with E-state index in [0.29, 0.717) is 5.02 Å². The lowest BCUT2D eigenvalue weighted by Crippen LogP contribution is -2.19. The summed E-state index contributed by atoms with van der Waals surface area (Å²) in [6, 6.07) is 1.83. The van der Waals surface area contributed by atoms with Crippen LogP contribution in [0.5, 0.6) is 0 Å². The highest BCUT2D eigenvalue weighted by Crippen LogP contribution is 2.19. The zero-order chi connectivity index (χ0) is 11.3. The number of hydrogen-bond acceptors (Lipinski definition) is 3. The molecular weight excluding hydrogens is 212 g/mol. The van der Waals surface area contributed by atoms with Gasteiger partial charge in [0, 0.05) is 25.4 Å². The largest absolute Gasteiger partial charge is 0.392 e. The third kappa shape index (κ3) is 3.36. The maximum Gasteiger partial charge on any atom is 0.128 e. The molecule has 0 aliphatic heterocycles. The quantitative estimate of drug-likeness (QED) is 0.841. The molecule has 0 saturated carbocycles. The van der Waals surface area contributed by atoms with Gasteiger partial charge in [-0.15, -0.1) is 0 Å². The summed E-state index contributed by atoms with van der Waals surface area (Å²) in [5.74, 6) is 0.858. The van der Waals surface area contributed by atoms with E-state index >= 15 is 0 Å². The summed E-state index contributed by atoms with van der Waals surface area (Å²) in [5.41, 5.74) is 0.727. The van der Waals surface area contributed by atoms with Crippen molar-refractivity contribution in [1.82, 2.24) is 4.98 Å². The van der Waals surface area contributed by atoms with Crippen LogP contribution in [-0.2, 0) is 6.61 Å². The molecule has 0 aromatic carbocycles. The predicted molar refractivity (Wildman–Crippen MR) is 63.3 cm³/mol. The monoisotopic (exact) mass is 228 g/mol. The summed E-state index contributed by atoms with van der Waals surface area (Å²) < 4.78 is 0. The van der Waals surface area contributed by atoms with Gasteiger partial charge in [-0.1, -0.05) is 24.9 Å². The first-order chi connectivity index (χ1) is 7.19. The van der Waals surface area contributed by atoms with E-state index in [2.05, 4.69) is 16.8 Å². The number of aliphatic hydroxyl groups excluding tert-OH is 1. The minimum absolute atomic E-state index is 0.0457. The molecule has 0 unspecified atom stereocenters. The van der Waals surface area contributed by atoms with E-state index in [1.165, 1.54) is 0 Å². The van der Waals surface area contributed by atoms with Gasteiger partial charge >= 0.3 is 0 Å². The van der Waals surface area contributed by atoms with E-state index in [1.807, 2.05) is 13.1 Å². The van der Waals surface area contributed by atoms with Gasteiger partial charge in [-0.2, -0.15) is 0 Å². The number of unbranched alkanes of at least 4 members (excludes halogenated alkanes) is 1. The van der Waals surface area contributed by atoms with Crippen molar-refractivity contribution in [2.24, 2.45) is 0 Å². The third-order valence-corrected chi connectivity index (χ3v) is 2.67. The fraction of sp³-hybridized carbons (Fsp3) is 0.545. The second kappa shape index (κ2) is 5.93. The summed E-state index contributed by atoms with van der Waals surface area (Å²) in [5, 5.41) is 9.59. The second-order valence-electron chi connectivity index (χ2n) is 3.57. The smallest absolute Gasteiger partial charge is 0.128 e. The number of aliphatic hydroxyl groups is 1. The Morgan fingerprint density at radius 3 is 2.87 bits per heavy atom. The first kappa shape index (κ1) is 12.3. The normalized spacial score (nSPS) is 10.4. The van der Waals surface area contributed by atoms with Crippen LogP contribution in [0.2, 0.25) is 5.02 Å². The molecule has 1 N–H and O–H groups in total. The summed E-state index contributed by atoms with van der Waals surface area (Å²) in [6.45, 7) is 3.08. The molecule has 0 spiro atoms. The summed E-state index contributed by atoms with van der Waals surface area (Å²) >= 11 is 5.86. The van der Waals surface area contributed by atoms with Crippen LogP contribution in [0.3, 0.4) is 0 Å². The van der Waals surface area contributed by atoms with E-state index in [1.54, 1.807) is 6.20 Å². The Labute approximate surface area is 95.7 Å². The average Bonchev–Trinajstić information content (AvgIpc) is 2.26. The maximum absolute atomic E-state index is 9.07. The number of pyridine rings is 1. The number of halogens is 1. The predicted octanol–water partition coefficient (Wildman–Crippen LogP) is 2.46. The van der Waals surface area contributed by atoms with Gasteiger partial charge in [0.2, 0.25) is 0 Å². The summed E-state index contributed by atoms with van der Waals surface area (Å²) in [4.78, 5) is 6.29. The molecule has 0 amide bonds. The Balaban J connectivity index is 2.76. The fourth-order valence-corrected chi connectivity index (χ4v) is 1.47. The van der Waals surface area contributed by atoms with Gasteiger partial charge in [0.05, 0.1) is 11.6 Å². The van der Waals surface area contributed by atoms with Crippen LogP contribution in [0, 0.1) is 0 Å². The van der Waals surface area contributed by atoms with Gasteiger partial charge in [0.15, 0.2) is 0 Å². The molecule has 1 heterocycles. The number of nitrogens with zero attached hydrogens (tertiary/aromatic N) is 2. The first-order valence-corrected chi connectivity index (χ1v) is 5.53. The van der Waals surface area contributed by atoms with Gasteiger partial charge in [-0.3, -0.25) is 0 Å². The average molecular weight is 229 g/mol. The van der Waals surface area contributed by atoms with Gasteiger partial charge in [0.1, 0.15) is 5.82 Å². The summed E-state index contributed by atoms with van der Waals surface area (Å²) in [6.07, 6.45) is 3.88. The first-order valence-electron chi connectivity index (χ1n) is 5.15. The van der Waals surface area contributed by atoms with Gasteiger partial charge in [0.25, 0.3) is 0 Å². The molecule has 0 aliphatic carbocycles. The Kier molecular flexibility index (Phi) is 4.85. The molecule has 0 fully saturated rings. The molecule has 1 aromatic heterocycles. The van der Waals surface area contributed by atoms with Crippen LogP contribution in [0.25, 0.3) is 0 Å². The number of aromatic nitrogens is 1.